The van der Waals surface area contributed by atoms with E-state index in [4.69, 9.17) is 4.74 Å². The number of fused-ring (bicyclic) bond motifs is 1. The first-order chi connectivity index (χ1) is 5.81. The lowest BCUT2D eigenvalue weighted by Crippen LogP contribution is -1.89. The maximum absolute atomic E-state index is 5.51. The molecular weight excluding hydrogens is 236 g/mol. The second-order valence-electron chi connectivity index (χ2n) is 2.81. The molecule has 12 heavy (non-hydrogen) atoms. The molecule has 1 nitrogen and oxygen atoms in total. The average molecular weight is 245 g/mol. The monoisotopic (exact) mass is 244 g/mol. The fourth-order valence-corrected chi connectivity index (χ4v) is 2.25. The van der Waals surface area contributed by atoms with Crippen molar-refractivity contribution in [2.45, 2.75) is 12.2 Å². The lowest BCUT2D eigenvalue weighted by molar-refractivity contribution is 0.354. The van der Waals surface area contributed by atoms with Gasteiger partial charge in [0.25, 0.3) is 0 Å². The number of hydrogen-bond donors (Lipinski definition) is 1. The standard InChI is InChI=1S/C9H9BrOS/c10-8-3-6-1-2-11-9(6)7(4-8)5-12/h3-4,12H,1-2,5H2. The van der Waals surface area contributed by atoms with E-state index >= 15 is 0 Å². The SMILES string of the molecule is SCc1cc(Br)cc2c1OCC2. The third-order valence-corrected chi connectivity index (χ3v) is 2.79. The summed E-state index contributed by atoms with van der Waals surface area (Å²) in [4.78, 5) is 0. The van der Waals surface area contributed by atoms with Gasteiger partial charge in [0.05, 0.1) is 6.61 Å². The smallest absolute Gasteiger partial charge is 0.126 e. The molecule has 0 atom stereocenters. The second-order valence-corrected chi connectivity index (χ2v) is 4.04. The van der Waals surface area contributed by atoms with E-state index in [1.807, 2.05) is 0 Å². The first kappa shape index (κ1) is 8.45. The summed E-state index contributed by atoms with van der Waals surface area (Å²) in [5, 5.41) is 0. The largest absolute Gasteiger partial charge is 0.493 e. The molecule has 0 N–H and O–H groups in total. The van der Waals surface area contributed by atoms with Crippen LogP contribution in [0.4, 0.5) is 0 Å². The van der Waals surface area contributed by atoms with Crippen molar-refractivity contribution in [3.63, 3.8) is 0 Å². The van der Waals surface area contributed by atoms with Crippen LogP contribution in [-0.4, -0.2) is 6.61 Å². The third kappa shape index (κ3) is 1.36. The van der Waals surface area contributed by atoms with Gasteiger partial charge in [0.15, 0.2) is 0 Å². The average Bonchev–Trinajstić information content (AvgIpc) is 2.50. The van der Waals surface area contributed by atoms with Crippen LogP contribution >= 0.6 is 28.6 Å². The van der Waals surface area contributed by atoms with Gasteiger partial charge in [0.1, 0.15) is 5.75 Å². The van der Waals surface area contributed by atoms with Crippen molar-refractivity contribution in [2.75, 3.05) is 6.61 Å². The van der Waals surface area contributed by atoms with E-state index in [-0.39, 0.29) is 0 Å². The van der Waals surface area contributed by atoms with Crippen LogP contribution in [0.1, 0.15) is 11.1 Å². The first-order valence-electron chi connectivity index (χ1n) is 3.86. The normalized spacial score (nSPS) is 14.2. The van der Waals surface area contributed by atoms with Crippen LogP contribution in [0.2, 0.25) is 0 Å². The highest BCUT2D eigenvalue weighted by Gasteiger charge is 2.16. The highest BCUT2D eigenvalue weighted by Crippen LogP contribution is 2.33. The van der Waals surface area contributed by atoms with Crippen LogP contribution in [0.15, 0.2) is 16.6 Å². The molecule has 1 aromatic carbocycles. The van der Waals surface area contributed by atoms with Crippen molar-refractivity contribution >= 4 is 28.6 Å². The minimum Gasteiger partial charge on any atom is -0.493 e. The molecule has 0 fully saturated rings. The van der Waals surface area contributed by atoms with Crippen molar-refractivity contribution in [1.82, 2.24) is 0 Å². The lowest BCUT2D eigenvalue weighted by Gasteiger charge is -2.05. The van der Waals surface area contributed by atoms with E-state index in [0.717, 1.165) is 29.0 Å². The lowest BCUT2D eigenvalue weighted by atomic mass is 10.1. The second kappa shape index (κ2) is 3.30. The van der Waals surface area contributed by atoms with Crippen LogP contribution in [0.5, 0.6) is 5.75 Å². The molecule has 0 spiro atoms. The molecule has 1 heterocycles. The molecule has 1 aliphatic rings. The number of halogens is 1. The topological polar surface area (TPSA) is 9.23 Å². The van der Waals surface area contributed by atoms with Gasteiger partial charge in [0.2, 0.25) is 0 Å². The molecule has 0 saturated carbocycles. The Kier molecular flexibility index (Phi) is 2.33. The zero-order valence-corrected chi connectivity index (χ0v) is 8.99. The van der Waals surface area contributed by atoms with E-state index in [2.05, 4.69) is 40.7 Å². The van der Waals surface area contributed by atoms with Gasteiger partial charge < -0.3 is 4.74 Å². The molecule has 0 saturated heterocycles. The molecule has 2 rings (SSSR count). The molecule has 0 radical (unpaired) electrons. The fraction of sp³-hybridized carbons (Fsp3) is 0.333. The Balaban J connectivity index is 2.55. The van der Waals surface area contributed by atoms with Gasteiger partial charge in [-0.25, -0.2) is 0 Å². The molecule has 0 amide bonds. The van der Waals surface area contributed by atoms with E-state index < -0.39 is 0 Å². The summed E-state index contributed by atoms with van der Waals surface area (Å²) in [6.07, 6.45) is 1.02. The molecule has 0 aliphatic carbocycles. The number of ether oxygens (including phenoxy) is 1. The van der Waals surface area contributed by atoms with Gasteiger partial charge in [-0.2, -0.15) is 12.6 Å². The summed E-state index contributed by atoms with van der Waals surface area (Å²) in [6, 6.07) is 4.19. The summed E-state index contributed by atoms with van der Waals surface area (Å²) in [5.41, 5.74) is 2.48. The van der Waals surface area contributed by atoms with E-state index in [9.17, 15) is 0 Å². The third-order valence-electron chi connectivity index (χ3n) is 2.00. The first-order valence-corrected chi connectivity index (χ1v) is 5.29. The molecule has 3 heteroatoms. The van der Waals surface area contributed by atoms with Crippen molar-refractivity contribution in [3.8, 4) is 5.75 Å². The Morgan fingerprint density at radius 2 is 2.33 bits per heavy atom. The fourth-order valence-electron chi connectivity index (χ4n) is 1.46. The highest BCUT2D eigenvalue weighted by molar-refractivity contribution is 9.10. The van der Waals surface area contributed by atoms with Gasteiger partial charge >= 0.3 is 0 Å². The molecule has 0 aromatic heterocycles. The van der Waals surface area contributed by atoms with Crippen LogP contribution in [0, 0.1) is 0 Å². The number of benzene rings is 1. The summed E-state index contributed by atoms with van der Waals surface area (Å²) >= 11 is 7.72. The molecule has 1 aliphatic heterocycles. The minimum absolute atomic E-state index is 0.738. The van der Waals surface area contributed by atoms with Crippen molar-refractivity contribution in [2.24, 2.45) is 0 Å². The predicted molar refractivity (Wildman–Crippen MR) is 56.0 cm³/mol. The molecular formula is C9H9BrOS. The maximum atomic E-state index is 5.51. The maximum Gasteiger partial charge on any atom is 0.126 e. The van der Waals surface area contributed by atoms with Gasteiger partial charge in [-0.1, -0.05) is 15.9 Å². The van der Waals surface area contributed by atoms with Crippen molar-refractivity contribution in [3.05, 3.63) is 27.7 Å². The molecule has 1 aromatic rings. The van der Waals surface area contributed by atoms with Gasteiger partial charge in [-0.3, -0.25) is 0 Å². The summed E-state index contributed by atoms with van der Waals surface area (Å²) in [5.74, 6) is 1.79. The summed E-state index contributed by atoms with van der Waals surface area (Å²) < 4.78 is 6.63. The van der Waals surface area contributed by atoms with E-state index in [1.54, 1.807) is 0 Å². The van der Waals surface area contributed by atoms with Gasteiger partial charge in [0, 0.05) is 22.2 Å². The van der Waals surface area contributed by atoms with Crippen LogP contribution in [0.3, 0.4) is 0 Å². The summed E-state index contributed by atoms with van der Waals surface area (Å²) in [7, 11) is 0. The number of rotatable bonds is 1. The minimum atomic E-state index is 0.738. The van der Waals surface area contributed by atoms with Gasteiger partial charge in [-0.15, -0.1) is 0 Å². The molecule has 0 bridgehead atoms. The van der Waals surface area contributed by atoms with E-state index in [0.29, 0.717) is 0 Å². The Morgan fingerprint density at radius 3 is 3.08 bits per heavy atom. The number of hydrogen-bond acceptors (Lipinski definition) is 2. The zero-order chi connectivity index (χ0) is 8.55. The highest BCUT2D eigenvalue weighted by atomic mass is 79.9. The quantitative estimate of drug-likeness (QED) is 0.748. The molecule has 0 unspecified atom stereocenters. The Morgan fingerprint density at radius 1 is 1.50 bits per heavy atom. The van der Waals surface area contributed by atoms with Gasteiger partial charge in [-0.05, 0) is 17.7 Å². The number of thiol groups is 1. The Labute approximate surface area is 85.7 Å². The van der Waals surface area contributed by atoms with Crippen LogP contribution < -0.4 is 4.74 Å². The van der Waals surface area contributed by atoms with Crippen molar-refractivity contribution < 1.29 is 4.74 Å². The summed E-state index contributed by atoms with van der Waals surface area (Å²) in [6.45, 7) is 0.812. The van der Waals surface area contributed by atoms with Crippen LogP contribution in [-0.2, 0) is 12.2 Å². The van der Waals surface area contributed by atoms with E-state index in [1.165, 1.54) is 11.1 Å². The van der Waals surface area contributed by atoms with Crippen LogP contribution in [0.25, 0.3) is 0 Å². The van der Waals surface area contributed by atoms with Crippen molar-refractivity contribution in [1.29, 1.82) is 0 Å². The molecule has 64 valence electrons. The predicted octanol–water partition coefficient (Wildman–Crippen LogP) is 2.81. The zero-order valence-electron chi connectivity index (χ0n) is 6.51. The Hall–Kier alpha value is -0.150. The Bertz CT molecular complexity index is 312.